The van der Waals surface area contributed by atoms with Gasteiger partial charge in [0, 0.05) is 18.1 Å². The lowest BCUT2D eigenvalue weighted by Crippen LogP contribution is -2.23. The Morgan fingerprint density at radius 2 is 2.06 bits per heavy atom. The molecule has 0 aliphatic rings. The van der Waals surface area contributed by atoms with Gasteiger partial charge >= 0.3 is 0 Å². The number of benzene rings is 1. The van der Waals surface area contributed by atoms with E-state index in [2.05, 4.69) is 19.6 Å². The lowest BCUT2D eigenvalue weighted by molar-refractivity contribution is 0.521. The quantitative estimate of drug-likeness (QED) is 0.809. The zero-order chi connectivity index (χ0) is 11.5. The van der Waals surface area contributed by atoms with Crippen molar-refractivity contribution in [1.82, 2.24) is 4.57 Å². The second-order valence-electron chi connectivity index (χ2n) is 4.15. The minimum absolute atomic E-state index is 0.0896. The summed E-state index contributed by atoms with van der Waals surface area (Å²) in [6.07, 6.45) is 1.87. The Kier molecular flexibility index (Phi) is 3.34. The van der Waals surface area contributed by atoms with Gasteiger partial charge in [-0.1, -0.05) is 25.1 Å². The standard InChI is InChI=1S/C13H15NOS/c1-10(9-16)8-14-7-6-11-4-2-3-5-12(11)13(14)15/h2-7,10,16H,8-9H2,1H3. The molecule has 1 aromatic carbocycles. The van der Waals surface area contributed by atoms with E-state index in [0.29, 0.717) is 5.92 Å². The van der Waals surface area contributed by atoms with Gasteiger partial charge in [0.25, 0.3) is 5.56 Å². The van der Waals surface area contributed by atoms with Crippen LogP contribution in [-0.4, -0.2) is 10.3 Å². The lowest BCUT2D eigenvalue weighted by Gasteiger charge is -2.11. The third-order valence-corrected chi connectivity index (χ3v) is 3.33. The molecular formula is C13H15NOS. The number of hydrogen-bond acceptors (Lipinski definition) is 2. The van der Waals surface area contributed by atoms with E-state index in [4.69, 9.17) is 0 Å². The summed E-state index contributed by atoms with van der Waals surface area (Å²) in [5, 5.41) is 1.79. The molecule has 0 spiro atoms. The first-order valence-corrected chi connectivity index (χ1v) is 6.04. The molecule has 2 aromatic rings. The maximum absolute atomic E-state index is 12.1. The first-order valence-electron chi connectivity index (χ1n) is 5.41. The molecule has 0 aliphatic heterocycles. The van der Waals surface area contributed by atoms with Gasteiger partial charge in [0.05, 0.1) is 0 Å². The van der Waals surface area contributed by atoms with Gasteiger partial charge in [-0.15, -0.1) is 0 Å². The summed E-state index contributed by atoms with van der Waals surface area (Å²) in [6, 6.07) is 9.67. The molecule has 0 aliphatic carbocycles. The first-order chi connectivity index (χ1) is 7.72. The molecule has 1 atom stereocenters. The fourth-order valence-electron chi connectivity index (χ4n) is 1.77. The highest BCUT2D eigenvalue weighted by molar-refractivity contribution is 7.80. The molecule has 0 fully saturated rings. The van der Waals surface area contributed by atoms with Crippen molar-refractivity contribution in [2.45, 2.75) is 13.5 Å². The van der Waals surface area contributed by atoms with Crippen LogP contribution in [0.4, 0.5) is 0 Å². The topological polar surface area (TPSA) is 22.0 Å². The maximum atomic E-state index is 12.1. The number of rotatable bonds is 3. The summed E-state index contributed by atoms with van der Waals surface area (Å²) in [6.45, 7) is 2.82. The molecule has 0 radical (unpaired) electrons. The molecule has 3 heteroatoms. The van der Waals surface area contributed by atoms with Gasteiger partial charge in [0.1, 0.15) is 0 Å². The molecule has 0 amide bonds. The molecule has 1 aromatic heterocycles. The van der Waals surface area contributed by atoms with Crippen LogP contribution in [0.5, 0.6) is 0 Å². The molecule has 0 saturated carbocycles. The molecule has 84 valence electrons. The maximum Gasteiger partial charge on any atom is 0.258 e. The Hall–Kier alpha value is -1.22. The SMILES string of the molecule is CC(CS)Cn1ccc2ccccc2c1=O. The predicted octanol–water partition coefficient (Wildman–Crippen LogP) is 2.57. The fraction of sp³-hybridized carbons (Fsp3) is 0.308. The van der Waals surface area contributed by atoms with E-state index in [-0.39, 0.29) is 5.56 Å². The van der Waals surface area contributed by atoms with Gasteiger partial charge in [-0.3, -0.25) is 4.79 Å². The van der Waals surface area contributed by atoms with Crippen molar-refractivity contribution in [2.24, 2.45) is 5.92 Å². The fourth-order valence-corrected chi connectivity index (χ4v) is 1.88. The van der Waals surface area contributed by atoms with Crippen molar-refractivity contribution < 1.29 is 0 Å². The highest BCUT2D eigenvalue weighted by Gasteiger charge is 2.05. The molecule has 2 rings (SSSR count). The van der Waals surface area contributed by atoms with E-state index >= 15 is 0 Å². The Labute approximate surface area is 100 Å². The van der Waals surface area contributed by atoms with E-state index in [0.717, 1.165) is 23.1 Å². The largest absolute Gasteiger partial charge is 0.315 e. The predicted molar refractivity (Wildman–Crippen MR) is 71.2 cm³/mol. The molecule has 1 heterocycles. The Morgan fingerprint density at radius 1 is 1.31 bits per heavy atom. The number of pyridine rings is 1. The van der Waals surface area contributed by atoms with Crippen LogP contribution in [0.25, 0.3) is 10.8 Å². The number of fused-ring (bicyclic) bond motifs is 1. The smallest absolute Gasteiger partial charge is 0.258 e. The summed E-state index contributed by atoms with van der Waals surface area (Å²) in [4.78, 5) is 12.1. The first kappa shape index (κ1) is 11.3. The second-order valence-corrected chi connectivity index (χ2v) is 4.51. The number of thiol groups is 1. The zero-order valence-electron chi connectivity index (χ0n) is 9.26. The average Bonchev–Trinajstić information content (AvgIpc) is 2.33. The van der Waals surface area contributed by atoms with Gasteiger partial charge in [0.2, 0.25) is 0 Å². The molecule has 16 heavy (non-hydrogen) atoms. The molecule has 0 bridgehead atoms. The summed E-state index contributed by atoms with van der Waals surface area (Å²) in [5.74, 6) is 1.20. The van der Waals surface area contributed by atoms with Gasteiger partial charge in [-0.25, -0.2) is 0 Å². The van der Waals surface area contributed by atoms with Crippen LogP contribution in [0, 0.1) is 5.92 Å². The van der Waals surface area contributed by atoms with Crippen LogP contribution >= 0.6 is 12.6 Å². The highest BCUT2D eigenvalue weighted by atomic mass is 32.1. The lowest BCUT2D eigenvalue weighted by atomic mass is 10.1. The van der Waals surface area contributed by atoms with Crippen molar-refractivity contribution in [1.29, 1.82) is 0 Å². The summed E-state index contributed by atoms with van der Waals surface area (Å²) < 4.78 is 1.77. The van der Waals surface area contributed by atoms with Gasteiger partial charge in [-0.2, -0.15) is 12.6 Å². The van der Waals surface area contributed by atoms with E-state index in [1.165, 1.54) is 0 Å². The summed E-state index contributed by atoms with van der Waals surface area (Å²) in [7, 11) is 0. The van der Waals surface area contributed by atoms with Crippen LogP contribution < -0.4 is 5.56 Å². The van der Waals surface area contributed by atoms with E-state index in [1.54, 1.807) is 4.57 Å². The minimum Gasteiger partial charge on any atom is -0.315 e. The molecule has 0 N–H and O–H groups in total. The minimum atomic E-state index is 0.0896. The van der Waals surface area contributed by atoms with Crippen LogP contribution in [0.2, 0.25) is 0 Å². The van der Waals surface area contributed by atoms with Gasteiger partial charge in [-0.05, 0) is 29.2 Å². The summed E-state index contributed by atoms with van der Waals surface area (Å²) >= 11 is 4.24. The Balaban J connectivity index is 2.49. The third-order valence-electron chi connectivity index (χ3n) is 2.71. The van der Waals surface area contributed by atoms with Gasteiger partial charge in [0.15, 0.2) is 0 Å². The Morgan fingerprint density at radius 3 is 2.81 bits per heavy atom. The van der Waals surface area contributed by atoms with Crippen molar-refractivity contribution >= 4 is 23.4 Å². The zero-order valence-corrected chi connectivity index (χ0v) is 10.2. The molecular weight excluding hydrogens is 218 g/mol. The number of hydrogen-bond donors (Lipinski definition) is 1. The van der Waals surface area contributed by atoms with E-state index < -0.39 is 0 Å². The van der Waals surface area contributed by atoms with Crippen molar-refractivity contribution in [2.75, 3.05) is 5.75 Å². The van der Waals surface area contributed by atoms with E-state index in [9.17, 15) is 4.79 Å². The normalized spacial score (nSPS) is 12.9. The molecule has 1 unspecified atom stereocenters. The number of aromatic nitrogens is 1. The van der Waals surface area contributed by atoms with Crippen molar-refractivity contribution in [3.8, 4) is 0 Å². The van der Waals surface area contributed by atoms with Crippen molar-refractivity contribution in [3.05, 3.63) is 46.9 Å². The molecule has 0 saturated heterocycles. The van der Waals surface area contributed by atoms with Gasteiger partial charge < -0.3 is 4.57 Å². The molecule has 2 nitrogen and oxygen atoms in total. The summed E-state index contributed by atoms with van der Waals surface area (Å²) in [5.41, 5.74) is 0.0896. The average molecular weight is 233 g/mol. The highest BCUT2D eigenvalue weighted by Crippen LogP contribution is 2.09. The second kappa shape index (κ2) is 4.74. The number of nitrogens with zero attached hydrogens (tertiary/aromatic N) is 1. The van der Waals surface area contributed by atoms with Crippen LogP contribution in [-0.2, 0) is 6.54 Å². The van der Waals surface area contributed by atoms with Crippen molar-refractivity contribution in [3.63, 3.8) is 0 Å². The van der Waals surface area contributed by atoms with Crippen LogP contribution in [0.3, 0.4) is 0 Å². The van der Waals surface area contributed by atoms with Crippen LogP contribution in [0.15, 0.2) is 41.3 Å². The van der Waals surface area contributed by atoms with Crippen LogP contribution in [0.1, 0.15) is 6.92 Å². The Bertz CT molecular complexity index is 547. The van der Waals surface area contributed by atoms with E-state index in [1.807, 2.05) is 36.5 Å². The monoisotopic (exact) mass is 233 g/mol. The third kappa shape index (κ3) is 2.14.